The lowest BCUT2D eigenvalue weighted by atomic mass is 10.1. The van der Waals surface area contributed by atoms with Gasteiger partial charge in [0.15, 0.2) is 0 Å². The second-order valence-electron chi connectivity index (χ2n) is 6.28. The molecule has 2 rings (SSSR count). The molecule has 0 aromatic heterocycles. The molecule has 9 heteroatoms. The van der Waals surface area contributed by atoms with Gasteiger partial charge in [0.2, 0.25) is 10.0 Å². The lowest BCUT2D eigenvalue weighted by molar-refractivity contribution is -0.137. The van der Waals surface area contributed by atoms with Gasteiger partial charge in [0.05, 0.1) is 11.3 Å². The quantitative estimate of drug-likeness (QED) is 0.676. The third-order valence-electron chi connectivity index (χ3n) is 4.02. The Bertz CT molecular complexity index is 787. The molecule has 1 aliphatic rings. The summed E-state index contributed by atoms with van der Waals surface area (Å²) in [6, 6.07) is 2.78. The van der Waals surface area contributed by atoms with Crippen molar-refractivity contribution in [3.8, 4) is 0 Å². The molecule has 0 saturated heterocycles. The standard InChI is InChI=1S/C16H23N3O5S/c1-10-4-7-13(17-16(22)19(3)9-8-14(20)21)11(2)15(10)25(23,24)18-12-5-6-12/h4,7,12,18H,5-6,8-9H2,1-3H3,(H,17,22)(H,20,21). The Kier molecular flexibility index (Phi) is 5.69. The average Bonchev–Trinajstić information content (AvgIpc) is 3.30. The first kappa shape index (κ1) is 19.2. The van der Waals surface area contributed by atoms with Gasteiger partial charge < -0.3 is 15.3 Å². The van der Waals surface area contributed by atoms with Gasteiger partial charge >= 0.3 is 12.0 Å². The molecule has 1 saturated carbocycles. The summed E-state index contributed by atoms with van der Waals surface area (Å²) >= 11 is 0. The summed E-state index contributed by atoms with van der Waals surface area (Å²) in [5.74, 6) is -0.995. The van der Waals surface area contributed by atoms with Crippen LogP contribution in [0.25, 0.3) is 0 Å². The molecule has 25 heavy (non-hydrogen) atoms. The number of carboxylic acid groups (broad SMARTS) is 1. The highest BCUT2D eigenvalue weighted by Gasteiger charge is 2.30. The van der Waals surface area contributed by atoms with Crippen LogP contribution in [0, 0.1) is 13.8 Å². The summed E-state index contributed by atoms with van der Waals surface area (Å²) in [5.41, 5.74) is 1.44. The molecule has 2 amide bonds. The van der Waals surface area contributed by atoms with Crippen molar-refractivity contribution in [1.82, 2.24) is 9.62 Å². The summed E-state index contributed by atoms with van der Waals surface area (Å²) in [5, 5.41) is 11.3. The highest BCUT2D eigenvalue weighted by Crippen LogP contribution is 2.29. The van der Waals surface area contributed by atoms with Crippen LogP contribution in [0.5, 0.6) is 0 Å². The molecule has 0 spiro atoms. The van der Waals surface area contributed by atoms with Gasteiger partial charge in [-0.15, -0.1) is 0 Å². The zero-order valence-electron chi connectivity index (χ0n) is 14.5. The van der Waals surface area contributed by atoms with Crippen LogP contribution in [0.15, 0.2) is 17.0 Å². The minimum absolute atomic E-state index is 0.0100. The van der Waals surface area contributed by atoms with Gasteiger partial charge in [0, 0.05) is 25.3 Å². The number of nitrogens with zero attached hydrogens (tertiary/aromatic N) is 1. The largest absolute Gasteiger partial charge is 0.481 e. The van der Waals surface area contributed by atoms with Crippen LogP contribution in [-0.2, 0) is 14.8 Å². The third-order valence-corrected chi connectivity index (χ3v) is 5.83. The van der Waals surface area contributed by atoms with E-state index in [2.05, 4.69) is 10.0 Å². The lowest BCUT2D eigenvalue weighted by Gasteiger charge is -2.20. The molecular weight excluding hydrogens is 346 g/mol. The Morgan fingerprint density at radius 1 is 1.28 bits per heavy atom. The molecule has 1 aromatic rings. The van der Waals surface area contributed by atoms with Crippen LogP contribution in [0.3, 0.4) is 0 Å². The van der Waals surface area contributed by atoms with E-state index >= 15 is 0 Å². The number of amides is 2. The van der Waals surface area contributed by atoms with Crippen LogP contribution in [0.4, 0.5) is 10.5 Å². The van der Waals surface area contributed by atoms with Crippen molar-refractivity contribution in [3.05, 3.63) is 23.3 Å². The van der Waals surface area contributed by atoms with Crippen molar-refractivity contribution >= 4 is 27.7 Å². The van der Waals surface area contributed by atoms with E-state index in [9.17, 15) is 18.0 Å². The fourth-order valence-electron chi connectivity index (χ4n) is 2.43. The summed E-state index contributed by atoms with van der Waals surface area (Å²) in [6.07, 6.45) is 1.51. The molecule has 0 heterocycles. The van der Waals surface area contributed by atoms with E-state index in [0.29, 0.717) is 16.8 Å². The average molecular weight is 369 g/mol. The van der Waals surface area contributed by atoms with E-state index in [-0.39, 0.29) is 23.9 Å². The Labute approximate surface area is 147 Å². The van der Waals surface area contributed by atoms with E-state index in [0.717, 1.165) is 12.8 Å². The normalized spacial score (nSPS) is 14.2. The molecule has 0 radical (unpaired) electrons. The molecule has 138 valence electrons. The monoisotopic (exact) mass is 369 g/mol. The van der Waals surface area contributed by atoms with Gasteiger partial charge in [-0.1, -0.05) is 6.07 Å². The van der Waals surface area contributed by atoms with Crippen molar-refractivity contribution in [1.29, 1.82) is 0 Å². The Morgan fingerprint density at radius 3 is 2.48 bits per heavy atom. The Hall–Kier alpha value is -2.13. The first-order valence-corrected chi connectivity index (χ1v) is 9.46. The van der Waals surface area contributed by atoms with Gasteiger partial charge in [-0.05, 0) is 43.9 Å². The van der Waals surface area contributed by atoms with Crippen molar-refractivity contribution in [2.45, 2.75) is 44.0 Å². The molecule has 0 unspecified atom stereocenters. The minimum Gasteiger partial charge on any atom is -0.481 e. The predicted molar refractivity (Wildman–Crippen MR) is 93.2 cm³/mol. The summed E-state index contributed by atoms with van der Waals surface area (Å²) < 4.78 is 27.8. The first-order chi connectivity index (χ1) is 11.6. The van der Waals surface area contributed by atoms with Crippen LogP contribution in [-0.4, -0.2) is 50.1 Å². The molecule has 0 bridgehead atoms. The molecule has 0 atom stereocenters. The van der Waals surface area contributed by atoms with Crippen LogP contribution < -0.4 is 10.0 Å². The number of carbonyl (C=O) groups is 2. The maximum absolute atomic E-state index is 12.6. The van der Waals surface area contributed by atoms with Crippen molar-refractivity contribution in [2.75, 3.05) is 18.9 Å². The number of nitrogens with one attached hydrogen (secondary N) is 2. The minimum atomic E-state index is -3.65. The molecule has 0 aliphatic heterocycles. The molecule has 3 N–H and O–H groups in total. The van der Waals surface area contributed by atoms with Gasteiger partial charge in [-0.2, -0.15) is 0 Å². The predicted octanol–water partition coefficient (Wildman–Crippen LogP) is 1.68. The van der Waals surface area contributed by atoms with Crippen molar-refractivity contribution in [3.63, 3.8) is 0 Å². The number of carbonyl (C=O) groups excluding carboxylic acids is 1. The zero-order chi connectivity index (χ0) is 18.8. The van der Waals surface area contributed by atoms with E-state index in [1.54, 1.807) is 26.0 Å². The second-order valence-corrected chi connectivity index (χ2v) is 7.93. The smallest absolute Gasteiger partial charge is 0.321 e. The van der Waals surface area contributed by atoms with Crippen molar-refractivity contribution in [2.24, 2.45) is 0 Å². The second kappa shape index (κ2) is 7.40. The number of hydrogen-bond donors (Lipinski definition) is 3. The third kappa shape index (κ3) is 4.93. The first-order valence-electron chi connectivity index (χ1n) is 7.98. The maximum Gasteiger partial charge on any atom is 0.321 e. The van der Waals surface area contributed by atoms with E-state index in [1.165, 1.54) is 11.9 Å². The van der Waals surface area contributed by atoms with Gasteiger partial charge in [-0.3, -0.25) is 4.79 Å². The SMILES string of the molecule is Cc1ccc(NC(=O)N(C)CCC(=O)O)c(C)c1S(=O)(=O)NC1CC1. The van der Waals surface area contributed by atoms with Gasteiger partial charge in [0.25, 0.3) is 0 Å². The van der Waals surface area contributed by atoms with E-state index in [4.69, 9.17) is 5.11 Å². The summed E-state index contributed by atoms with van der Waals surface area (Å²) in [4.78, 5) is 24.2. The fourth-order valence-corrected chi connectivity index (χ4v) is 4.23. The highest BCUT2D eigenvalue weighted by atomic mass is 32.2. The summed E-state index contributed by atoms with van der Waals surface area (Å²) in [6.45, 7) is 3.40. The number of aliphatic carboxylic acids is 1. The Morgan fingerprint density at radius 2 is 1.92 bits per heavy atom. The molecule has 1 aromatic carbocycles. The number of sulfonamides is 1. The number of rotatable bonds is 7. The number of urea groups is 1. The van der Waals surface area contributed by atoms with Crippen LogP contribution >= 0.6 is 0 Å². The van der Waals surface area contributed by atoms with E-state index < -0.39 is 22.0 Å². The molecular formula is C16H23N3O5S. The number of aryl methyl sites for hydroxylation is 1. The van der Waals surface area contributed by atoms with Crippen molar-refractivity contribution < 1.29 is 23.1 Å². The summed E-state index contributed by atoms with van der Waals surface area (Å²) in [7, 11) is -2.17. The molecule has 8 nitrogen and oxygen atoms in total. The molecule has 1 fully saturated rings. The number of hydrogen-bond acceptors (Lipinski definition) is 4. The molecule has 1 aliphatic carbocycles. The van der Waals surface area contributed by atoms with Gasteiger partial charge in [-0.25, -0.2) is 17.9 Å². The number of carboxylic acids is 1. The topological polar surface area (TPSA) is 116 Å². The van der Waals surface area contributed by atoms with Gasteiger partial charge in [0.1, 0.15) is 0 Å². The van der Waals surface area contributed by atoms with Crippen LogP contribution in [0.2, 0.25) is 0 Å². The Balaban J connectivity index is 2.20. The highest BCUT2D eigenvalue weighted by molar-refractivity contribution is 7.89. The van der Waals surface area contributed by atoms with E-state index in [1.807, 2.05) is 0 Å². The van der Waals surface area contributed by atoms with Crippen LogP contribution in [0.1, 0.15) is 30.4 Å². The zero-order valence-corrected chi connectivity index (χ0v) is 15.3. The maximum atomic E-state index is 12.6. The lowest BCUT2D eigenvalue weighted by Crippen LogP contribution is -2.33. The number of anilines is 1. The number of benzene rings is 1. The fraction of sp³-hybridized carbons (Fsp3) is 0.500.